The second-order valence-corrected chi connectivity index (χ2v) is 14.8. The lowest BCUT2D eigenvalue weighted by Gasteiger charge is -2.56. The van der Waals surface area contributed by atoms with Gasteiger partial charge in [0, 0.05) is 38.8 Å². The molecule has 0 aromatic heterocycles. The van der Waals surface area contributed by atoms with E-state index in [0.717, 1.165) is 0 Å². The van der Waals surface area contributed by atoms with E-state index < -0.39 is 154 Å². The number of nitrogens with zero attached hydrogens (tertiary/aromatic N) is 2. The minimum Gasteiger partial charge on any atom is -0.362 e. The Balaban J connectivity index is 1.23. The summed E-state index contributed by atoms with van der Waals surface area (Å²) in [6, 6.07) is -2.81. The number of halogens is 12. The molecule has 10 unspecified atom stereocenters. The monoisotopic (exact) mass is 702 g/mol. The second kappa shape index (κ2) is 13.3. The van der Waals surface area contributed by atoms with Gasteiger partial charge >= 0.3 is 12.4 Å². The van der Waals surface area contributed by atoms with Crippen LogP contribution in [0.25, 0.3) is 0 Å². The van der Waals surface area contributed by atoms with Gasteiger partial charge in [0.15, 0.2) is 5.41 Å². The molecule has 47 heavy (non-hydrogen) atoms. The average Bonchev–Trinajstić information content (AvgIpc) is 2.94. The lowest BCUT2D eigenvalue weighted by Crippen LogP contribution is -2.64. The van der Waals surface area contributed by atoms with Crippen LogP contribution >= 0.6 is 0 Å². The lowest BCUT2D eigenvalue weighted by molar-refractivity contribution is -0.387. The Kier molecular flexibility index (Phi) is 10.1. The number of rotatable bonds is 4. The van der Waals surface area contributed by atoms with Crippen LogP contribution in [-0.2, 0) is 9.47 Å². The maximum Gasteiger partial charge on any atom is 0.403 e. The number of ether oxygens (including phenoxy) is 2. The standard InChI is InChI=1S/C31H42F12N2O2/c32-19-7-21(34)27(22(35)8-19)44-11-15-5-17(1-3-25(15)46-13-44)29(30(38,39)40,31(41,42)43)18-2-4-26-16(6-18)12-45(14-47-26)28-23(36)9-20(33)10-24(28)37/h15-28H,1-14H2. The first-order valence-corrected chi connectivity index (χ1v) is 16.7. The molecule has 6 fully saturated rings. The normalized spacial score (nSPS) is 46.5. The zero-order chi connectivity index (χ0) is 34.1. The van der Waals surface area contributed by atoms with Crippen molar-refractivity contribution in [3.05, 3.63) is 0 Å². The number of fused-ring (bicyclic) bond motifs is 2. The summed E-state index contributed by atoms with van der Waals surface area (Å²) in [7, 11) is 0. The van der Waals surface area contributed by atoms with Gasteiger partial charge < -0.3 is 9.47 Å². The highest BCUT2D eigenvalue weighted by atomic mass is 19.4. The molecule has 2 aliphatic heterocycles. The molecule has 0 N–H and O–H groups in total. The molecular formula is C31H42F12N2O2. The maximum absolute atomic E-state index is 15.2. The molecule has 4 aliphatic carbocycles. The Hall–Kier alpha value is -1.00. The van der Waals surface area contributed by atoms with Crippen LogP contribution in [0, 0.1) is 29.1 Å². The fourth-order valence-electron chi connectivity index (χ4n) is 10.1. The van der Waals surface area contributed by atoms with Gasteiger partial charge in [-0.25, -0.2) is 26.3 Å². The zero-order valence-corrected chi connectivity index (χ0v) is 25.7. The predicted molar refractivity (Wildman–Crippen MR) is 145 cm³/mol. The molecule has 272 valence electrons. The molecule has 6 rings (SSSR count). The average molecular weight is 703 g/mol. The summed E-state index contributed by atoms with van der Waals surface area (Å²) in [4.78, 5) is 2.50. The number of hydrogen-bond donors (Lipinski definition) is 0. The van der Waals surface area contributed by atoms with Gasteiger partial charge in [-0.15, -0.1) is 0 Å². The Bertz CT molecular complexity index is 976. The van der Waals surface area contributed by atoms with E-state index in [1.165, 1.54) is 9.80 Å². The summed E-state index contributed by atoms with van der Waals surface area (Å²) in [5.74, 6) is -5.56. The van der Waals surface area contributed by atoms with Crippen LogP contribution in [-0.4, -0.2) is 110 Å². The summed E-state index contributed by atoms with van der Waals surface area (Å²) in [5.41, 5.74) is -4.12. The highest BCUT2D eigenvalue weighted by molar-refractivity contribution is 5.08. The summed E-state index contributed by atoms with van der Waals surface area (Å²) < 4.78 is 189. The van der Waals surface area contributed by atoms with Gasteiger partial charge in [-0.3, -0.25) is 9.80 Å². The number of alkyl halides is 12. The van der Waals surface area contributed by atoms with Gasteiger partial charge in [0.2, 0.25) is 0 Å². The van der Waals surface area contributed by atoms with Crippen molar-refractivity contribution >= 4 is 0 Å². The van der Waals surface area contributed by atoms with Gasteiger partial charge in [0.1, 0.15) is 37.0 Å². The van der Waals surface area contributed by atoms with E-state index in [0.29, 0.717) is 0 Å². The third-order valence-corrected chi connectivity index (χ3v) is 12.1. The molecule has 6 aliphatic rings. The van der Waals surface area contributed by atoms with E-state index in [-0.39, 0.29) is 39.4 Å². The van der Waals surface area contributed by atoms with E-state index in [2.05, 4.69) is 0 Å². The summed E-state index contributed by atoms with van der Waals surface area (Å²) in [6.45, 7) is -0.869. The van der Waals surface area contributed by atoms with E-state index in [1.807, 2.05) is 0 Å². The lowest BCUT2D eigenvalue weighted by atomic mass is 9.55. The van der Waals surface area contributed by atoms with E-state index in [9.17, 15) is 26.3 Å². The van der Waals surface area contributed by atoms with Gasteiger partial charge in [-0.2, -0.15) is 26.3 Å². The Labute approximate surface area is 265 Å². The van der Waals surface area contributed by atoms with Crippen molar-refractivity contribution in [3.63, 3.8) is 0 Å². The fourth-order valence-corrected chi connectivity index (χ4v) is 10.1. The minimum absolute atomic E-state index is 0.102. The van der Waals surface area contributed by atoms with Crippen LogP contribution in [0.1, 0.15) is 64.2 Å². The first-order chi connectivity index (χ1) is 22.0. The SMILES string of the molecule is FC1CC(F)C(N2COC3CCC(C(C4CCC5OCN(C6C(F)CC(F)CC6F)CC5C4)(C(F)(F)F)C(F)(F)F)CC3C2)C(F)C1. The fraction of sp³-hybridized carbons (Fsp3) is 1.00. The second-order valence-electron chi connectivity index (χ2n) is 14.8. The highest BCUT2D eigenvalue weighted by Gasteiger charge is 2.77. The topological polar surface area (TPSA) is 24.9 Å². The van der Waals surface area contributed by atoms with Crippen LogP contribution in [0.5, 0.6) is 0 Å². The molecule has 16 heteroatoms. The van der Waals surface area contributed by atoms with Gasteiger partial charge in [0.25, 0.3) is 0 Å². The van der Waals surface area contributed by atoms with Crippen molar-refractivity contribution in [3.8, 4) is 0 Å². The first-order valence-electron chi connectivity index (χ1n) is 16.7. The predicted octanol–water partition coefficient (Wildman–Crippen LogP) is 7.60. The molecule has 4 nitrogen and oxygen atoms in total. The molecular weight excluding hydrogens is 660 g/mol. The summed E-state index contributed by atoms with van der Waals surface area (Å²) in [5, 5.41) is 0. The van der Waals surface area contributed by atoms with Gasteiger partial charge in [-0.05, 0) is 62.2 Å². The number of hydrogen-bond acceptors (Lipinski definition) is 4. The summed E-state index contributed by atoms with van der Waals surface area (Å²) in [6.07, 6.45) is -28.2. The smallest absolute Gasteiger partial charge is 0.362 e. The van der Waals surface area contributed by atoms with Crippen molar-refractivity contribution < 1.29 is 62.2 Å². The van der Waals surface area contributed by atoms with Crippen LogP contribution in [0.4, 0.5) is 52.7 Å². The van der Waals surface area contributed by atoms with Crippen LogP contribution in [0.15, 0.2) is 0 Å². The molecule has 0 radical (unpaired) electrons. The van der Waals surface area contributed by atoms with Crippen LogP contribution in [0.3, 0.4) is 0 Å². The molecule has 2 heterocycles. The maximum atomic E-state index is 15.2. The quantitative estimate of drug-likeness (QED) is 0.282. The van der Waals surface area contributed by atoms with E-state index in [1.54, 1.807) is 0 Å². The molecule has 2 saturated heterocycles. The van der Waals surface area contributed by atoms with Crippen molar-refractivity contribution in [2.45, 2.75) is 138 Å². The third-order valence-electron chi connectivity index (χ3n) is 12.1. The molecule has 0 bridgehead atoms. The third kappa shape index (κ3) is 6.52. The molecule has 0 amide bonds. The van der Waals surface area contributed by atoms with Crippen LogP contribution < -0.4 is 0 Å². The first kappa shape index (κ1) is 35.8. The van der Waals surface area contributed by atoms with Crippen molar-refractivity contribution in [2.24, 2.45) is 29.1 Å². The van der Waals surface area contributed by atoms with E-state index in [4.69, 9.17) is 9.47 Å². The van der Waals surface area contributed by atoms with E-state index >= 15 is 26.3 Å². The summed E-state index contributed by atoms with van der Waals surface area (Å²) >= 11 is 0. The van der Waals surface area contributed by atoms with Gasteiger partial charge in [0.05, 0.1) is 37.8 Å². The molecule has 0 spiro atoms. The van der Waals surface area contributed by atoms with Gasteiger partial charge in [-0.1, -0.05) is 0 Å². The zero-order valence-electron chi connectivity index (χ0n) is 25.7. The molecule has 10 atom stereocenters. The molecule has 0 aromatic carbocycles. The Morgan fingerprint density at radius 3 is 1.13 bits per heavy atom. The van der Waals surface area contributed by atoms with Crippen LogP contribution in [0.2, 0.25) is 0 Å². The minimum atomic E-state index is -5.72. The van der Waals surface area contributed by atoms with Crippen molar-refractivity contribution in [2.75, 3.05) is 26.6 Å². The van der Waals surface area contributed by atoms with Crippen molar-refractivity contribution in [1.82, 2.24) is 9.80 Å². The Morgan fingerprint density at radius 1 is 0.468 bits per heavy atom. The highest BCUT2D eigenvalue weighted by Crippen LogP contribution is 2.66. The molecule has 0 aromatic rings. The van der Waals surface area contributed by atoms with Crippen molar-refractivity contribution in [1.29, 1.82) is 0 Å². The largest absolute Gasteiger partial charge is 0.403 e. The molecule has 4 saturated carbocycles. The Morgan fingerprint density at radius 2 is 0.809 bits per heavy atom.